The molecule has 2 aliphatic rings. The first-order valence-electron chi connectivity index (χ1n) is 7.52. The summed E-state index contributed by atoms with van der Waals surface area (Å²) in [7, 11) is 0. The molecule has 3 heterocycles. The molecule has 1 amide bonds. The molecule has 1 unspecified atom stereocenters. The Morgan fingerprint density at radius 3 is 2.95 bits per heavy atom. The van der Waals surface area contributed by atoms with Crippen LogP contribution >= 0.6 is 15.9 Å². The van der Waals surface area contributed by atoms with Crippen LogP contribution in [-0.2, 0) is 4.79 Å². The van der Waals surface area contributed by atoms with Gasteiger partial charge >= 0.3 is 0 Å². The third kappa shape index (κ3) is 1.75. The number of anilines is 1. The fourth-order valence-corrected chi connectivity index (χ4v) is 4.05. The molecule has 4 rings (SSSR count). The number of aromatic nitrogens is 2. The third-order valence-electron chi connectivity index (χ3n) is 5.10. The Hall–Kier alpha value is -1.87. The van der Waals surface area contributed by atoms with Crippen molar-refractivity contribution >= 4 is 33.0 Å². The van der Waals surface area contributed by atoms with Gasteiger partial charge < -0.3 is 4.90 Å². The lowest BCUT2D eigenvalue weighted by Crippen LogP contribution is -2.42. The van der Waals surface area contributed by atoms with Crippen molar-refractivity contribution in [2.45, 2.75) is 25.7 Å². The van der Waals surface area contributed by atoms with Crippen LogP contribution in [0.3, 0.4) is 0 Å². The van der Waals surface area contributed by atoms with Crippen LogP contribution in [-0.4, -0.2) is 22.1 Å². The highest BCUT2D eigenvalue weighted by atomic mass is 79.9. The van der Waals surface area contributed by atoms with Gasteiger partial charge in [0.1, 0.15) is 5.41 Å². The van der Waals surface area contributed by atoms with E-state index in [4.69, 9.17) is 0 Å². The van der Waals surface area contributed by atoms with Crippen molar-refractivity contribution in [3.8, 4) is 6.07 Å². The number of halogens is 1. The van der Waals surface area contributed by atoms with Crippen LogP contribution in [0.2, 0.25) is 0 Å². The number of amides is 1. The summed E-state index contributed by atoms with van der Waals surface area (Å²) >= 11 is 3.45. The molecule has 0 radical (unpaired) electrons. The highest BCUT2D eigenvalue weighted by molar-refractivity contribution is 9.10. The van der Waals surface area contributed by atoms with Gasteiger partial charge in [0.2, 0.25) is 5.91 Å². The molecule has 112 valence electrons. The lowest BCUT2D eigenvalue weighted by atomic mass is 9.65. The van der Waals surface area contributed by atoms with Crippen LogP contribution in [0.25, 0.3) is 5.52 Å². The summed E-state index contributed by atoms with van der Waals surface area (Å²) in [6.45, 7) is 0.603. The van der Waals surface area contributed by atoms with E-state index < -0.39 is 5.41 Å². The number of fused-ring (bicyclic) bond motifs is 1. The average molecular weight is 359 g/mol. The van der Waals surface area contributed by atoms with E-state index in [1.54, 1.807) is 15.6 Å². The number of hydrogen-bond acceptors (Lipinski definition) is 3. The molecule has 5 nitrogen and oxygen atoms in total. The largest absolute Gasteiger partial charge is 0.309 e. The molecule has 2 aromatic heterocycles. The minimum absolute atomic E-state index is 0.0369. The van der Waals surface area contributed by atoms with Gasteiger partial charge in [-0.2, -0.15) is 10.4 Å². The molecule has 1 aliphatic carbocycles. The van der Waals surface area contributed by atoms with Crippen molar-refractivity contribution < 1.29 is 4.79 Å². The zero-order valence-corrected chi connectivity index (χ0v) is 13.6. The van der Waals surface area contributed by atoms with Gasteiger partial charge in [0.05, 0.1) is 17.3 Å². The first kappa shape index (κ1) is 13.8. The maximum Gasteiger partial charge on any atom is 0.247 e. The van der Waals surface area contributed by atoms with E-state index in [1.807, 2.05) is 18.3 Å². The molecule has 2 fully saturated rings. The third-order valence-corrected chi connectivity index (χ3v) is 5.54. The van der Waals surface area contributed by atoms with Gasteiger partial charge in [-0.15, -0.1) is 0 Å². The highest BCUT2D eigenvalue weighted by Gasteiger charge is 2.54. The van der Waals surface area contributed by atoms with Gasteiger partial charge in [0.25, 0.3) is 0 Å². The normalized spacial score (nSPS) is 25.5. The van der Waals surface area contributed by atoms with Crippen LogP contribution in [0.1, 0.15) is 25.7 Å². The summed E-state index contributed by atoms with van der Waals surface area (Å²) < 4.78 is 2.67. The van der Waals surface area contributed by atoms with Crippen molar-refractivity contribution in [1.82, 2.24) is 9.61 Å². The fourth-order valence-electron chi connectivity index (χ4n) is 3.64. The van der Waals surface area contributed by atoms with E-state index in [1.165, 1.54) is 0 Å². The van der Waals surface area contributed by atoms with Crippen molar-refractivity contribution in [2.24, 2.45) is 11.3 Å². The Bertz CT molecular complexity index is 804. The van der Waals surface area contributed by atoms with Gasteiger partial charge in [-0.05, 0) is 53.2 Å². The van der Waals surface area contributed by atoms with Crippen molar-refractivity contribution in [2.75, 3.05) is 11.4 Å². The van der Waals surface area contributed by atoms with Crippen LogP contribution in [0, 0.1) is 22.7 Å². The van der Waals surface area contributed by atoms with E-state index in [9.17, 15) is 10.1 Å². The maximum atomic E-state index is 13.0. The van der Waals surface area contributed by atoms with E-state index in [2.05, 4.69) is 27.1 Å². The Morgan fingerprint density at radius 2 is 2.27 bits per heavy atom. The van der Waals surface area contributed by atoms with Crippen LogP contribution in [0.5, 0.6) is 0 Å². The summed E-state index contributed by atoms with van der Waals surface area (Å²) in [6, 6.07) is 6.16. The molecule has 0 aromatic carbocycles. The van der Waals surface area contributed by atoms with Gasteiger partial charge in [0.15, 0.2) is 0 Å². The Labute approximate surface area is 136 Å². The second kappa shape index (κ2) is 4.82. The molecule has 2 aromatic rings. The summed E-state index contributed by atoms with van der Waals surface area (Å²) in [4.78, 5) is 14.8. The lowest BCUT2D eigenvalue weighted by molar-refractivity contribution is -0.126. The second-order valence-corrected chi connectivity index (χ2v) is 7.04. The smallest absolute Gasteiger partial charge is 0.247 e. The molecule has 1 saturated carbocycles. The monoisotopic (exact) mass is 358 g/mol. The Balaban J connectivity index is 1.77. The standard InChI is InChI=1S/C16H15BrN4O/c17-12-8-14-13(4-6-19-21(14)9-12)20-7-5-16(10-18,15(20)22)11-2-1-3-11/h4,6,8-9,11H,1-3,5,7H2. The maximum absolute atomic E-state index is 13.0. The zero-order valence-electron chi connectivity index (χ0n) is 12.0. The van der Waals surface area contributed by atoms with E-state index in [0.717, 1.165) is 34.9 Å². The fraction of sp³-hybridized carbons (Fsp3) is 0.438. The summed E-state index contributed by atoms with van der Waals surface area (Å²) in [5.74, 6) is 0.191. The summed E-state index contributed by atoms with van der Waals surface area (Å²) in [5.41, 5.74) is 0.898. The molecule has 0 bridgehead atoms. The van der Waals surface area contributed by atoms with Gasteiger partial charge in [0, 0.05) is 23.4 Å². The van der Waals surface area contributed by atoms with Crippen molar-refractivity contribution in [1.29, 1.82) is 5.26 Å². The van der Waals surface area contributed by atoms with Crippen molar-refractivity contribution in [3.05, 3.63) is 29.0 Å². The first-order valence-corrected chi connectivity index (χ1v) is 8.31. The van der Waals surface area contributed by atoms with E-state index in [-0.39, 0.29) is 11.8 Å². The van der Waals surface area contributed by atoms with Crippen LogP contribution in [0.15, 0.2) is 29.0 Å². The topological polar surface area (TPSA) is 61.4 Å². The molecule has 0 N–H and O–H groups in total. The summed E-state index contributed by atoms with van der Waals surface area (Å²) in [5, 5.41) is 13.9. The first-order chi connectivity index (χ1) is 10.7. The SMILES string of the molecule is N#CC1(C2CCC2)CCN(c2ccnn3cc(Br)cc23)C1=O. The van der Waals surface area contributed by atoms with Gasteiger partial charge in [-0.25, -0.2) is 4.52 Å². The van der Waals surface area contributed by atoms with Crippen LogP contribution in [0.4, 0.5) is 5.69 Å². The Kier molecular flexibility index (Phi) is 3.01. The minimum atomic E-state index is -0.817. The number of nitriles is 1. The van der Waals surface area contributed by atoms with E-state index in [0.29, 0.717) is 13.0 Å². The molecule has 1 aliphatic heterocycles. The van der Waals surface area contributed by atoms with E-state index >= 15 is 0 Å². The quantitative estimate of drug-likeness (QED) is 0.828. The number of rotatable bonds is 2. The van der Waals surface area contributed by atoms with Gasteiger partial charge in [-0.3, -0.25) is 4.79 Å². The second-order valence-electron chi connectivity index (χ2n) is 6.12. The molecule has 0 spiro atoms. The highest BCUT2D eigenvalue weighted by Crippen LogP contribution is 2.49. The predicted molar refractivity (Wildman–Crippen MR) is 85.2 cm³/mol. The summed E-state index contributed by atoms with van der Waals surface area (Å²) in [6.07, 6.45) is 7.31. The predicted octanol–water partition coefficient (Wildman–Crippen LogP) is 3.14. The molecule has 1 saturated heterocycles. The zero-order chi connectivity index (χ0) is 15.3. The number of carbonyl (C=O) groups excluding carboxylic acids is 1. The van der Waals surface area contributed by atoms with Crippen LogP contribution < -0.4 is 4.90 Å². The number of nitrogens with zero attached hydrogens (tertiary/aromatic N) is 4. The van der Waals surface area contributed by atoms with Crippen molar-refractivity contribution in [3.63, 3.8) is 0 Å². The molecule has 1 atom stereocenters. The molecular formula is C16H15BrN4O. The number of carbonyl (C=O) groups is 1. The molecular weight excluding hydrogens is 344 g/mol. The lowest BCUT2D eigenvalue weighted by Gasteiger charge is -2.36. The molecule has 6 heteroatoms. The minimum Gasteiger partial charge on any atom is -0.309 e. The number of hydrogen-bond donors (Lipinski definition) is 0. The Morgan fingerprint density at radius 1 is 1.45 bits per heavy atom. The molecule has 22 heavy (non-hydrogen) atoms. The average Bonchev–Trinajstić information content (AvgIpc) is 2.98. The van der Waals surface area contributed by atoms with Gasteiger partial charge in [-0.1, -0.05) is 6.42 Å².